The number of hydrogen-bond donors (Lipinski definition) is 2. The van der Waals surface area contributed by atoms with E-state index < -0.39 is 0 Å². The van der Waals surface area contributed by atoms with Crippen LogP contribution in [0.25, 0.3) is 0 Å². The van der Waals surface area contributed by atoms with Crippen LogP contribution in [0.3, 0.4) is 0 Å². The lowest BCUT2D eigenvalue weighted by Crippen LogP contribution is -2.41. The molecule has 1 aromatic carbocycles. The van der Waals surface area contributed by atoms with Crippen molar-refractivity contribution < 1.29 is 9.59 Å². The monoisotopic (exact) mass is 423 g/mol. The van der Waals surface area contributed by atoms with Gasteiger partial charge in [-0.15, -0.1) is 11.3 Å². The van der Waals surface area contributed by atoms with Gasteiger partial charge in [0, 0.05) is 35.3 Å². The van der Waals surface area contributed by atoms with Crippen molar-refractivity contribution in [3.05, 3.63) is 51.2 Å². The van der Waals surface area contributed by atoms with E-state index in [0.717, 1.165) is 24.2 Å². The maximum Gasteiger partial charge on any atom is 0.254 e. The largest absolute Gasteiger partial charge is 0.376 e. The number of hydrogen-bond acceptors (Lipinski definition) is 4. The maximum absolute atomic E-state index is 13.2. The Morgan fingerprint density at radius 3 is 2.67 bits per heavy atom. The van der Waals surface area contributed by atoms with Crippen LogP contribution in [0.15, 0.2) is 29.6 Å². The molecule has 0 bridgehead atoms. The minimum absolute atomic E-state index is 0.0518. The Morgan fingerprint density at radius 2 is 1.93 bits per heavy atom. The second-order valence-corrected chi connectivity index (χ2v) is 9.95. The van der Waals surface area contributed by atoms with Crippen molar-refractivity contribution in [3.8, 4) is 0 Å². The molecule has 2 aromatic rings. The van der Waals surface area contributed by atoms with E-state index >= 15 is 0 Å². The lowest BCUT2D eigenvalue weighted by molar-refractivity contribution is -0.120. The van der Waals surface area contributed by atoms with E-state index in [9.17, 15) is 9.59 Å². The minimum atomic E-state index is 0.0518. The van der Waals surface area contributed by atoms with Crippen molar-refractivity contribution in [3.63, 3.8) is 0 Å². The standard InChI is InChI=1S/C24H29N3O2S/c1-15-19(24(29)27-11-9-21-18(14-27)10-12-30-21)3-2-4-20(15)25-13-22(28)26-23(16-5-6-16)17-7-8-17/h2-4,10,12,16-17,23,25H,5-9,11,13-14H2,1H3,(H,26,28). The number of amides is 2. The molecule has 0 atom stereocenters. The van der Waals surface area contributed by atoms with Crippen LogP contribution in [0, 0.1) is 18.8 Å². The van der Waals surface area contributed by atoms with Crippen LogP contribution < -0.4 is 10.6 Å². The van der Waals surface area contributed by atoms with Gasteiger partial charge in [-0.25, -0.2) is 0 Å². The predicted octanol–water partition coefficient (Wildman–Crippen LogP) is 3.97. The van der Waals surface area contributed by atoms with E-state index in [1.54, 1.807) is 11.3 Å². The Balaban J connectivity index is 1.22. The number of carbonyl (C=O) groups excluding carboxylic acids is 2. The highest BCUT2D eigenvalue weighted by Crippen LogP contribution is 2.44. The Morgan fingerprint density at radius 1 is 1.17 bits per heavy atom. The molecule has 0 radical (unpaired) electrons. The molecule has 2 amide bonds. The normalized spacial score (nSPS) is 18.3. The molecule has 0 saturated heterocycles. The van der Waals surface area contributed by atoms with E-state index in [1.807, 2.05) is 30.0 Å². The summed E-state index contributed by atoms with van der Waals surface area (Å²) in [4.78, 5) is 29.0. The molecule has 3 aliphatic rings. The number of anilines is 1. The molecule has 2 aliphatic carbocycles. The van der Waals surface area contributed by atoms with Crippen molar-refractivity contribution >= 4 is 28.8 Å². The van der Waals surface area contributed by atoms with Gasteiger partial charge in [0.05, 0.1) is 6.54 Å². The molecule has 2 fully saturated rings. The fourth-order valence-corrected chi connectivity index (χ4v) is 5.48. The van der Waals surface area contributed by atoms with Crippen LogP contribution in [-0.4, -0.2) is 35.8 Å². The molecule has 2 N–H and O–H groups in total. The molecule has 0 unspecified atom stereocenters. The zero-order valence-electron chi connectivity index (χ0n) is 17.4. The van der Waals surface area contributed by atoms with Crippen molar-refractivity contribution in [2.45, 2.75) is 51.6 Å². The molecule has 1 aliphatic heterocycles. The lowest BCUT2D eigenvalue weighted by atomic mass is 10.0. The fraction of sp³-hybridized carbons (Fsp3) is 0.500. The molecule has 2 heterocycles. The van der Waals surface area contributed by atoms with Gasteiger partial charge in [-0.3, -0.25) is 9.59 Å². The van der Waals surface area contributed by atoms with Gasteiger partial charge in [-0.1, -0.05) is 6.07 Å². The Bertz CT molecular complexity index is 949. The van der Waals surface area contributed by atoms with E-state index in [1.165, 1.54) is 36.1 Å². The summed E-state index contributed by atoms with van der Waals surface area (Å²) in [6, 6.07) is 8.24. The molecule has 6 heteroatoms. The average molecular weight is 424 g/mol. The second kappa shape index (κ2) is 8.06. The summed E-state index contributed by atoms with van der Waals surface area (Å²) in [6.45, 7) is 3.65. The van der Waals surface area contributed by atoms with Crippen molar-refractivity contribution in [2.75, 3.05) is 18.4 Å². The minimum Gasteiger partial charge on any atom is -0.376 e. The van der Waals surface area contributed by atoms with Crippen LogP contribution in [-0.2, 0) is 17.8 Å². The summed E-state index contributed by atoms with van der Waals surface area (Å²) in [7, 11) is 0. The third-order valence-electron chi connectivity index (χ3n) is 6.69. The molecule has 1 aromatic heterocycles. The summed E-state index contributed by atoms with van der Waals surface area (Å²) in [5.41, 5.74) is 3.75. The van der Waals surface area contributed by atoms with Crippen LogP contribution in [0.5, 0.6) is 0 Å². The van der Waals surface area contributed by atoms with Gasteiger partial charge < -0.3 is 15.5 Å². The van der Waals surface area contributed by atoms with Crippen LogP contribution in [0.4, 0.5) is 5.69 Å². The summed E-state index contributed by atoms with van der Waals surface area (Å²) in [5.74, 6) is 1.51. The van der Waals surface area contributed by atoms with Crippen LogP contribution in [0.2, 0.25) is 0 Å². The third-order valence-corrected chi connectivity index (χ3v) is 7.71. The van der Waals surface area contributed by atoms with Gasteiger partial charge in [0.1, 0.15) is 0 Å². The van der Waals surface area contributed by atoms with Crippen molar-refractivity contribution in [1.82, 2.24) is 10.2 Å². The highest BCUT2D eigenvalue weighted by molar-refractivity contribution is 7.10. The molecule has 5 nitrogen and oxygen atoms in total. The van der Waals surface area contributed by atoms with Crippen LogP contribution >= 0.6 is 11.3 Å². The zero-order chi connectivity index (χ0) is 20.7. The number of fused-ring (bicyclic) bond motifs is 1. The van der Waals surface area contributed by atoms with Gasteiger partial charge in [-0.05, 0) is 85.6 Å². The Labute approximate surface area is 181 Å². The van der Waals surface area contributed by atoms with Crippen molar-refractivity contribution in [2.24, 2.45) is 11.8 Å². The predicted molar refractivity (Wildman–Crippen MR) is 120 cm³/mol. The molecule has 0 spiro atoms. The number of nitrogens with zero attached hydrogens (tertiary/aromatic N) is 1. The Hall–Kier alpha value is -2.34. The molecule has 158 valence electrons. The molecule has 30 heavy (non-hydrogen) atoms. The number of carbonyl (C=O) groups is 2. The van der Waals surface area contributed by atoms with Gasteiger partial charge in [0.15, 0.2) is 0 Å². The molecule has 2 saturated carbocycles. The van der Waals surface area contributed by atoms with Gasteiger partial charge in [0.2, 0.25) is 5.91 Å². The first kappa shape index (κ1) is 19.6. The first-order valence-corrected chi connectivity index (χ1v) is 12.0. The van der Waals surface area contributed by atoms with E-state index in [0.29, 0.717) is 30.0 Å². The number of nitrogens with one attached hydrogen (secondary N) is 2. The van der Waals surface area contributed by atoms with E-state index in [-0.39, 0.29) is 18.4 Å². The fourth-order valence-electron chi connectivity index (χ4n) is 4.59. The molecule has 5 rings (SSSR count). The molecular formula is C24H29N3O2S. The van der Waals surface area contributed by atoms with Crippen LogP contribution in [0.1, 0.15) is 52.0 Å². The topological polar surface area (TPSA) is 61.4 Å². The quantitative estimate of drug-likeness (QED) is 0.708. The zero-order valence-corrected chi connectivity index (χ0v) is 18.3. The second-order valence-electron chi connectivity index (χ2n) is 8.95. The summed E-state index contributed by atoms with van der Waals surface area (Å²) >= 11 is 1.78. The third kappa shape index (κ3) is 4.10. The van der Waals surface area contributed by atoms with Gasteiger partial charge in [-0.2, -0.15) is 0 Å². The number of thiophene rings is 1. The maximum atomic E-state index is 13.2. The highest BCUT2D eigenvalue weighted by Gasteiger charge is 2.42. The SMILES string of the molecule is Cc1c(NCC(=O)NC(C2CC2)C2CC2)cccc1C(=O)N1CCc2sccc2C1. The lowest BCUT2D eigenvalue weighted by Gasteiger charge is -2.28. The average Bonchev–Trinajstić information content (AvgIpc) is 3.68. The first-order chi connectivity index (χ1) is 14.6. The first-order valence-electron chi connectivity index (χ1n) is 11.1. The van der Waals surface area contributed by atoms with Gasteiger partial charge in [0.25, 0.3) is 5.91 Å². The summed E-state index contributed by atoms with van der Waals surface area (Å²) in [6.07, 6.45) is 5.94. The number of benzene rings is 1. The Kier molecular flexibility index (Phi) is 5.27. The molecular weight excluding hydrogens is 394 g/mol. The van der Waals surface area contributed by atoms with E-state index in [4.69, 9.17) is 0 Å². The highest BCUT2D eigenvalue weighted by atomic mass is 32.1. The smallest absolute Gasteiger partial charge is 0.254 e. The summed E-state index contributed by atoms with van der Waals surface area (Å²) < 4.78 is 0. The summed E-state index contributed by atoms with van der Waals surface area (Å²) in [5, 5.41) is 8.62. The van der Waals surface area contributed by atoms with Gasteiger partial charge >= 0.3 is 0 Å². The number of rotatable bonds is 7. The van der Waals surface area contributed by atoms with E-state index in [2.05, 4.69) is 22.1 Å². The van der Waals surface area contributed by atoms with Crippen molar-refractivity contribution in [1.29, 1.82) is 0 Å².